The molecule has 0 unspecified atom stereocenters. The molecule has 32 heavy (non-hydrogen) atoms. The fourth-order valence-corrected chi connectivity index (χ4v) is 3.74. The molecule has 1 aromatic heterocycles. The summed E-state index contributed by atoms with van der Waals surface area (Å²) in [6, 6.07) is 17.8. The summed E-state index contributed by atoms with van der Waals surface area (Å²) in [6.07, 6.45) is 4.51. The molecule has 2 N–H and O–H groups in total. The molecule has 1 heterocycles. The van der Waals surface area contributed by atoms with Crippen molar-refractivity contribution < 1.29 is 13.9 Å². The van der Waals surface area contributed by atoms with E-state index in [-0.39, 0.29) is 5.82 Å². The van der Waals surface area contributed by atoms with Crippen LogP contribution in [0.15, 0.2) is 60.7 Å². The molecule has 5 nitrogen and oxygen atoms in total. The van der Waals surface area contributed by atoms with Crippen molar-refractivity contribution >= 4 is 16.7 Å². The molecule has 3 aromatic carbocycles. The van der Waals surface area contributed by atoms with Gasteiger partial charge in [0.1, 0.15) is 23.1 Å². The molecule has 0 aliphatic heterocycles. The molecule has 0 amide bonds. The summed E-state index contributed by atoms with van der Waals surface area (Å²) < 4.78 is 26.9. The minimum atomic E-state index is -0.288. The summed E-state index contributed by atoms with van der Waals surface area (Å²) in [4.78, 5) is 4.83. The summed E-state index contributed by atoms with van der Waals surface area (Å²) >= 11 is 0. The summed E-state index contributed by atoms with van der Waals surface area (Å²) in [7, 11) is 1.64. The average molecular weight is 434 g/mol. The van der Waals surface area contributed by atoms with Crippen molar-refractivity contribution in [1.29, 1.82) is 0 Å². The molecule has 0 saturated carbocycles. The first-order valence-corrected chi connectivity index (χ1v) is 11.0. The number of anilines is 1. The number of halogens is 1. The monoisotopic (exact) mass is 433 g/mol. The molecule has 0 aliphatic carbocycles. The molecule has 0 saturated heterocycles. The van der Waals surface area contributed by atoms with Gasteiger partial charge in [-0.3, -0.25) is 4.57 Å². The first-order chi connectivity index (χ1) is 15.6. The van der Waals surface area contributed by atoms with Crippen molar-refractivity contribution in [3.63, 3.8) is 0 Å². The number of unbranched alkanes of at least 4 members (excludes halogenated alkanes) is 3. The third-order valence-electron chi connectivity index (χ3n) is 5.47. The second-order valence-corrected chi connectivity index (χ2v) is 7.76. The SMILES string of the molecule is CCCCCCOc1cc2c(cc1N)nc(-c1ccc(F)cc1)n2-c1ccc(OC)cc1. The van der Waals surface area contributed by atoms with E-state index in [1.54, 1.807) is 19.2 Å². The molecule has 0 atom stereocenters. The van der Waals surface area contributed by atoms with Gasteiger partial charge in [0.05, 0.1) is 30.4 Å². The fourth-order valence-electron chi connectivity index (χ4n) is 3.74. The minimum Gasteiger partial charge on any atom is -0.497 e. The lowest BCUT2D eigenvalue weighted by Crippen LogP contribution is -2.02. The molecule has 4 rings (SSSR count). The standard InChI is InChI=1S/C26H28FN3O2/c1-3-4-5-6-15-32-25-17-24-23(16-22(25)28)29-26(18-7-9-19(27)10-8-18)30(24)20-11-13-21(31-2)14-12-20/h7-14,16-17H,3-6,15,28H2,1-2H3. The normalized spacial score (nSPS) is 11.1. The van der Waals surface area contributed by atoms with Gasteiger partial charge >= 0.3 is 0 Å². The molecule has 4 aromatic rings. The quantitative estimate of drug-likeness (QED) is 0.246. The van der Waals surface area contributed by atoms with Gasteiger partial charge in [-0.1, -0.05) is 26.2 Å². The summed E-state index contributed by atoms with van der Waals surface area (Å²) in [5.74, 6) is 1.82. The number of hydrogen-bond donors (Lipinski definition) is 1. The zero-order valence-electron chi connectivity index (χ0n) is 18.5. The van der Waals surface area contributed by atoms with Crippen LogP contribution in [0.3, 0.4) is 0 Å². The molecule has 0 bridgehead atoms. The topological polar surface area (TPSA) is 62.3 Å². The Morgan fingerprint density at radius 2 is 1.72 bits per heavy atom. The first kappa shape index (κ1) is 21.7. The van der Waals surface area contributed by atoms with Crippen molar-refractivity contribution in [1.82, 2.24) is 9.55 Å². The van der Waals surface area contributed by atoms with E-state index < -0.39 is 0 Å². The summed E-state index contributed by atoms with van der Waals surface area (Å²) in [6.45, 7) is 2.81. The van der Waals surface area contributed by atoms with Crippen LogP contribution >= 0.6 is 0 Å². The number of nitrogens with two attached hydrogens (primary N) is 1. The number of ether oxygens (including phenoxy) is 2. The lowest BCUT2D eigenvalue weighted by molar-refractivity contribution is 0.307. The maximum atomic E-state index is 13.5. The van der Waals surface area contributed by atoms with Crippen molar-refractivity contribution in [2.45, 2.75) is 32.6 Å². The van der Waals surface area contributed by atoms with E-state index in [1.165, 1.54) is 25.0 Å². The van der Waals surface area contributed by atoms with Crippen LogP contribution in [0.5, 0.6) is 11.5 Å². The molecular weight excluding hydrogens is 405 g/mol. The van der Waals surface area contributed by atoms with Crippen LogP contribution in [0.25, 0.3) is 28.1 Å². The number of fused-ring (bicyclic) bond motifs is 1. The van der Waals surface area contributed by atoms with Gasteiger partial charge in [-0.2, -0.15) is 0 Å². The Labute approximate surface area is 187 Å². The molecule has 0 aliphatic rings. The van der Waals surface area contributed by atoms with Crippen LogP contribution < -0.4 is 15.2 Å². The highest BCUT2D eigenvalue weighted by Crippen LogP contribution is 2.34. The summed E-state index contributed by atoms with van der Waals surface area (Å²) in [5, 5.41) is 0. The molecular formula is C26H28FN3O2. The van der Waals surface area contributed by atoms with Crippen molar-refractivity contribution in [3.8, 4) is 28.6 Å². The number of imidazole rings is 1. The summed E-state index contributed by atoms with van der Waals surface area (Å²) in [5.41, 5.74) is 10.2. The predicted molar refractivity (Wildman–Crippen MR) is 127 cm³/mol. The number of hydrogen-bond acceptors (Lipinski definition) is 4. The Kier molecular flexibility index (Phi) is 6.59. The van der Waals surface area contributed by atoms with Crippen LogP contribution in [0.1, 0.15) is 32.6 Å². The Hall–Kier alpha value is -3.54. The highest BCUT2D eigenvalue weighted by molar-refractivity contribution is 5.88. The van der Waals surface area contributed by atoms with Crippen LogP contribution in [-0.2, 0) is 0 Å². The molecule has 6 heteroatoms. The zero-order valence-corrected chi connectivity index (χ0v) is 18.5. The van der Waals surface area contributed by atoms with Crippen molar-refractivity contribution in [2.24, 2.45) is 0 Å². The van der Waals surface area contributed by atoms with Gasteiger partial charge in [-0.15, -0.1) is 0 Å². The number of aromatic nitrogens is 2. The maximum Gasteiger partial charge on any atom is 0.145 e. The molecule has 0 fully saturated rings. The number of nitrogen functional groups attached to an aromatic ring is 1. The molecule has 0 spiro atoms. The lowest BCUT2D eigenvalue weighted by atomic mass is 10.2. The molecule has 0 radical (unpaired) electrons. The van der Waals surface area contributed by atoms with E-state index in [0.29, 0.717) is 23.9 Å². The van der Waals surface area contributed by atoms with E-state index >= 15 is 0 Å². The highest BCUT2D eigenvalue weighted by Gasteiger charge is 2.17. The second-order valence-electron chi connectivity index (χ2n) is 7.76. The second kappa shape index (κ2) is 9.73. The Morgan fingerprint density at radius 1 is 0.969 bits per heavy atom. The van der Waals surface area contributed by atoms with E-state index in [1.807, 2.05) is 41.0 Å². The lowest BCUT2D eigenvalue weighted by Gasteiger charge is -2.12. The third kappa shape index (κ3) is 4.54. The Morgan fingerprint density at radius 3 is 2.41 bits per heavy atom. The van der Waals surface area contributed by atoms with Crippen LogP contribution in [0, 0.1) is 5.82 Å². The maximum absolute atomic E-state index is 13.5. The van der Waals surface area contributed by atoms with Gasteiger partial charge in [-0.25, -0.2) is 9.37 Å². The van der Waals surface area contributed by atoms with Gasteiger partial charge in [0.2, 0.25) is 0 Å². The van der Waals surface area contributed by atoms with Crippen LogP contribution in [0.2, 0.25) is 0 Å². The van der Waals surface area contributed by atoms with Crippen LogP contribution in [0.4, 0.5) is 10.1 Å². The minimum absolute atomic E-state index is 0.288. The largest absolute Gasteiger partial charge is 0.497 e. The predicted octanol–water partition coefficient (Wildman–Crippen LogP) is 6.38. The molecule has 166 valence electrons. The first-order valence-electron chi connectivity index (χ1n) is 11.0. The Bertz CT molecular complexity index is 1180. The van der Waals surface area contributed by atoms with E-state index in [0.717, 1.165) is 40.9 Å². The number of benzene rings is 3. The van der Waals surface area contributed by atoms with Gasteiger partial charge in [0.15, 0.2) is 0 Å². The average Bonchev–Trinajstić information content (AvgIpc) is 3.17. The van der Waals surface area contributed by atoms with Gasteiger partial charge in [0, 0.05) is 17.3 Å². The van der Waals surface area contributed by atoms with Crippen molar-refractivity contribution in [2.75, 3.05) is 19.5 Å². The van der Waals surface area contributed by atoms with Gasteiger partial charge < -0.3 is 15.2 Å². The van der Waals surface area contributed by atoms with Crippen molar-refractivity contribution in [3.05, 3.63) is 66.5 Å². The van der Waals surface area contributed by atoms with E-state index in [4.69, 9.17) is 20.2 Å². The Balaban J connectivity index is 1.80. The third-order valence-corrected chi connectivity index (χ3v) is 5.47. The zero-order chi connectivity index (χ0) is 22.5. The van der Waals surface area contributed by atoms with Gasteiger partial charge in [-0.05, 0) is 61.0 Å². The number of nitrogens with zero attached hydrogens (tertiary/aromatic N) is 2. The van der Waals surface area contributed by atoms with E-state index in [9.17, 15) is 4.39 Å². The van der Waals surface area contributed by atoms with Gasteiger partial charge in [0.25, 0.3) is 0 Å². The van der Waals surface area contributed by atoms with E-state index in [2.05, 4.69) is 6.92 Å². The number of rotatable bonds is 9. The fraction of sp³-hybridized carbons (Fsp3) is 0.269. The highest BCUT2D eigenvalue weighted by atomic mass is 19.1. The smallest absolute Gasteiger partial charge is 0.145 e. The van der Waals surface area contributed by atoms with Crippen LogP contribution in [-0.4, -0.2) is 23.3 Å². The number of methoxy groups -OCH3 is 1.